The van der Waals surface area contributed by atoms with Crippen LogP contribution >= 0.6 is 0 Å². The van der Waals surface area contributed by atoms with Gasteiger partial charge in [-0.05, 0) is 47.4 Å². The molecule has 3 rings (SSSR count). The molecule has 0 aliphatic rings. The molecule has 7 heteroatoms. The minimum Gasteiger partial charge on any atom is -0.507 e. The van der Waals surface area contributed by atoms with Gasteiger partial charge in [-0.15, -0.1) is 0 Å². The number of hydrogen-bond donors (Lipinski definition) is 2. The molecule has 0 saturated carbocycles. The number of nitrogens with zero attached hydrogens (tertiary/aromatic N) is 3. The number of phenolic OH excluding ortho intramolecular Hbond substituents is 1. The molecular weight excluding hydrogens is 334 g/mol. The summed E-state index contributed by atoms with van der Waals surface area (Å²) in [5.74, 6) is -0.109. The summed E-state index contributed by atoms with van der Waals surface area (Å²) in [5.41, 5.74) is 3.04. The quantitative estimate of drug-likeness (QED) is 0.315. The summed E-state index contributed by atoms with van der Waals surface area (Å²) >= 11 is 0. The summed E-state index contributed by atoms with van der Waals surface area (Å²) in [4.78, 5) is 14.5. The lowest BCUT2D eigenvalue weighted by atomic mass is 9.95. The van der Waals surface area contributed by atoms with Crippen molar-refractivity contribution in [1.29, 1.82) is 0 Å². The molecule has 0 aliphatic heterocycles. The number of non-ortho nitro benzene ring substituents is 1. The third kappa shape index (κ3) is 3.67. The van der Waals surface area contributed by atoms with Gasteiger partial charge in [-0.3, -0.25) is 15.1 Å². The van der Waals surface area contributed by atoms with E-state index in [4.69, 9.17) is 5.21 Å². The second-order valence-electron chi connectivity index (χ2n) is 5.67. The maximum Gasteiger partial charge on any atom is 0.270 e. The summed E-state index contributed by atoms with van der Waals surface area (Å²) in [7, 11) is 0. The Labute approximate surface area is 149 Å². The lowest BCUT2D eigenvalue weighted by molar-refractivity contribution is -0.384. The number of pyridine rings is 1. The first-order valence-electron chi connectivity index (χ1n) is 7.75. The Bertz CT molecular complexity index is 972. The summed E-state index contributed by atoms with van der Waals surface area (Å²) in [5, 5.41) is 33.4. The van der Waals surface area contributed by atoms with E-state index in [-0.39, 0.29) is 11.4 Å². The van der Waals surface area contributed by atoms with Crippen LogP contribution in [0.15, 0.2) is 66.1 Å². The molecule has 0 unspecified atom stereocenters. The molecule has 1 heterocycles. The van der Waals surface area contributed by atoms with E-state index in [9.17, 15) is 15.2 Å². The molecule has 0 spiro atoms. The highest BCUT2D eigenvalue weighted by atomic mass is 16.6. The van der Waals surface area contributed by atoms with Gasteiger partial charge in [-0.2, -0.15) is 0 Å². The zero-order valence-corrected chi connectivity index (χ0v) is 13.6. The predicted molar refractivity (Wildman–Crippen MR) is 96.6 cm³/mol. The first-order chi connectivity index (χ1) is 12.6. The normalized spacial score (nSPS) is 10.9. The Morgan fingerprint density at radius 3 is 2.58 bits per heavy atom. The van der Waals surface area contributed by atoms with Crippen molar-refractivity contribution in [3.8, 4) is 16.9 Å². The molecule has 1 aromatic heterocycles. The first kappa shape index (κ1) is 17.1. The number of nitro groups is 1. The predicted octanol–water partition coefficient (Wildman–Crippen LogP) is 3.76. The highest BCUT2D eigenvalue weighted by molar-refractivity contribution is 5.89. The van der Waals surface area contributed by atoms with Gasteiger partial charge in [0.05, 0.1) is 11.1 Å². The third-order valence-electron chi connectivity index (χ3n) is 3.92. The maximum atomic E-state index is 11.0. The highest BCUT2D eigenvalue weighted by Crippen LogP contribution is 2.35. The molecule has 0 atom stereocenters. The molecule has 7 nitrogen and oxygen atoms in total. The molecule has 0 bridgehead atoms. The number of aromatic hydroxyl groups is 1. The molecule has 2 aromatic carbocycles. The van der Waals surface area contributed by atoms with Crippen LogP contribution in [0.25, 0.3) is 11.1 Å². The lowest BCUT2D eigenvalue weighted by Gasteiger charge is -2.11. The van der Waals surface area contributed by atoms with Gasteiger partial charge in [0.25, 0.3) is 5.69 Å². The number of aromatic nitrogens is 1. The van der Waals surface area contributed by atoms with Gasteiger partial charge >= 0.3 is 0 Å². The summed E-state index contributed by atoms with van der Waals surface area (Å²) < 4.78 is 0. The van der Waals surface area contributed by atoms with Gasteiger partial charge in [-0.1, -0.05) is 17.3 Å². The van der Waals surface area contributed by atoms with Crippen LogP contribution in [0.3, 0.4) is 0 Å². The van der Waals surface area contributed by atoms with Crippen LogP contribution < -0.4 is 0 Å². The topological polar surface area (TPSA) is 109 Å². The van der Waals surface area contributed by atoms with Crippen molar-refractivity contribution < 1.29 is 15.2 Å². The van der Waals surface area contributed by atoms with Gasteiger partial charge in [0, 0.05) is 35.7 Å². The minimum atomic E-state index is -0.489. The zero-order valence-electron chi connectivity index (χ0n) is 13.6. The van der Waals surface area contributed by atoms with E-state index in [0.29, 0.717) is 23.1 Å². The van der Waals surface area contributed by atoms with Crippen LogP contribution in [0, 0.1) is 10.1 Å². The van der Waals surface area contributed by atoms with E-state index in [1.54, 1.807) is 36.7 Å². The second-order valence-corrected chi connectivity index (χ2v) is 5.67. The van der Waals surface area contributed by atoms with Crippen LogP contribution in [-0.2, 0) is 6.42 Å². The molecule has 0 radical (unpaired) electrons. The van der Waals surface area contributed by atoms with E-state index < -0.39 is 4.92 Å². The third-order valence-corrected chi connectivity index (χ3v) is 3.92. The van der Waals surface area contributed by atoms with Crippen molar-refractivity contribution in [2.75, 3.05) is 0 Å². The van der Waals surface area contributed by atoms with Gasteiger partial charge < -0.3 is 10.3 Å². The molecule has 0 aliphatic carbocycles. The number of oxime groups is 1. The molecular formula is C19H15N3O4. The molecule has 0 saturated heterocycles. The van der Waals surface area contributed by atoms with Crippen LogP contribution in [0.1, 0.15) is 16.7 Å². The van der Waals surface area contributed by atoms with E-state index >= 15 is 0 Å². The first-order valence-corrected chi connectivity index (χ1v) is 7.75. The second kappa shape index (κ2) is 7.43. The standard InChI is InChI=1S/C19H15N3O4/c23-19-16(12-21-24)9-14(8-13-4-6-20-7-5-13)10-18(19)15-2-1-3-17(11-15)22(25)26/h1-7,9-12,23-24H,8H2. The maximum absolute atomic E-state index is 11.0. The molecule has 130 valence electrons. The van der Waals surface area contributed by atoms with Crippen LogP contribution in [0.2, 0.25) is 0 Å². The van der Waals surface area contributed by atoms with Gasteiger partial charge in [-0.25, -0.2) is 0 Å². The Hall–Kier alpha value is -3.74. The largest absolute Gasteiger partial charge is 0.507 e. The minimum absolute atomic E-state index is 0.0705. The average molecular weight is 349 g/mol. The van der Waals surface area contributed by atoms with Gasteiger partial charge in [0.15, 0.2) is 0 Å². The van der Waals surface area contributed by atoms with E-state index in [1.807, 2.05) is 12.1 Å². The Balaban J connectivity index is 2.11. The van der Waals surface area contributed by atoms with Crippen LogP contribution in [0.5, 0.6) is 5.75 Å². The number of rotatable bonds is 5. The Morgan fingerprint density at radius 2 is 1.88 bits per heavy atom. The fourth-order valence-electron chi connectivity index (χ4n) is 2.73. The summed E-state index contributed by atoms with van der Waals surface area (Å²) in [6.45, 7) is 0. The monoisotopic (exact) mass is 349 g/mol. The molecule has 3 aromatic rings. The van der Waals surface area contributed by atoms with E-state index in [0.717, 1.165) is 17.3 Å². The SMILES string of the molecule is O=[N+]([O-])c1cccc(-c2cc(Cc3ccncc3)cc(C=NO)c2O)c1. The van der Waals surface area contributed by atoms with Crippen LogP contribution in [-0.4, -0.2) is 26.4 Å². The molecule has 2 N–H and O–H groups in total. The van der Waals surface area contributed by atoms with Crippen molar-refractivity contribution in [1.82, 2.24) is 4.98 Å². The van der Waals surface area contributed by atoms with Crippen LogP contribution in [0.4, 0.5) is 5.69 Å². The molecule has 26 heavy (non-hydrogen) atoms. The smallest absolute Gasteiger partial charge is 0.270 e. The van der Waals surface area contributed by atoms with Crippen molar-refractivity contribution in [3.05, 3.63) is 87.7 Å². The number of nitro benzene ring substituents is 1. The van der Waals surface area contributed by atoms with Crippen molar-refractivity contribution in [3.63, 3.8) is 0 Å². The lowest BCUT2D eigenvalue weighted by Crippen LogP contribution is -1.95. The fraction of sp³-hybridized carbons (Fsp3) is 0.0526. The van der Waals surface area contributed by atoms with Crippen molar-refractivity contribution >= 4 is 11.9 Å². The van der Waals surface area contributed by atoms with Gasteiger partial charge in [0.2, 0.25) is 0 Å². The Kier molecular flexibility index (Phi) is 4.89. The number of hydrogen-bond acceptors (Lipinski definition) is 6. The summed E-state index contributed by atoms with van der Waals surface area (Å²) in [6, 6.07) is 13.2. The molecule has 0 fully saturated rings. The number of phenols is 1. The Morgan fingerprint density at radius 1 is 1.12 bits per heavy atom. The van der Waals surface area contributed by atoms with Crippen molar-refractivity contribution in [2.24, 2.45) is 5.16 Å². The van der Waals surface area contributed by atoms with E-state index in [1.165, 1.54) is 12.1 Å². The summed E-state index contributed by atoms with van der Waals surface area (Å²) in [6.07, 6.45) is 5.07. The number of benzene rings is 2. The average Bonchev–Trinajstić information content (AvgIpc) is 2.65. The van der Waals surface area contributed by atoms with Gasteiger partial charge in [0.1, 0.15) is 5.75 Å². The van der Waals surface area contributed by atoms with Crippen molar-refractivity contribution in [2.45, 2.75) is 6.42 Å². The highest BCUT2D eigenvalue weighted by Gasteiger charge is 2.14. The fourth-order valence-corrected chi connectivity index (χ4v) is 2.73. The zero-order chi connectivity index (χ0) is 18.5. The molecule has 0 amide bonds. The van der Waals surface area contributed by atoms with E-state index in [2.05, 4.69) is 10.1 Å².